The van der Waals surface area contributed by atoms with Crippen molar-refractivity contribution in [2.75, 3.05) is 6.54 Å². The van der Waals surface area contributed by atoms with Crippen molar-refractivity contribution in [1.82, 2.24) is 10.0 Å². The van der Waals surface area contributed by atoms with Crippen LogP contribution in [-0.2, 0) is 21.2 Å². The third kappa shape index (κ3) is 5.22. The number of rotatable bonds is 9. The van der Waals surface area contributed by atoms with Crippen molar-refractivity contribution < 1.29 is 17.6 Å². The number of hydrogen-bond donors (Lipinski definition) is 2. The molecule has 28 heavy (non-hydrogen) atoms. The Kier molecular flexibility index (Phi) is 6.51. The zero-order valence-corrected chi connectivity index (χ0v) is 16.7. The molecule has 1 atom stereocenters. The molecule has 1 aromatic heterocycles. The molecule has 2 aromatic rings. The second-order valence-electron chi connectivity index (χ2n) is 6.89. The van der Waals surface area contributed by atoms with E-state index >= 15 is 0 Å². The van der Waals surface area contributed by atoms with E-state index in [1.807, 2.05) is 19.1 Å². The van der Waals surface area contributed by atoms with E-state index in [4.69, 9.17) is 4.42 Å². The summed E-state index contributed by atoms with van der Waals surface area (Å²) in [5, 5.41) is 2.97. The molecule has 150 valence electrons. The molecule has 7 nitrogen and oxygen atoms in total. The zero-order valence-electron chi connectivity index (χ0n) is 15.8. The highest BCUT2D eigenvalue weighted by Crippen LogP contribution is 2.22. The van der Waals surface area contributed by atoms with Crippen LogP contribution in [0.5, 0.6) is 0 Å². The Morgan fingerprint density at radius 2 is 2.00 bits per heavy atom. The molecule has 0 aliphatic carbocycles. The minimum absolute atomic E-state index is 0.0282. The average molecular weight is 404 g/mol. The van der Waals surface area contributed by atoms with Gasteiger partial charge in [0.15, 0.2) is 0 Å². The predicted molar refractivity (Wildman–Crippen MR) is 107 cm³/mol. The second-order valence-corrected chi connectivity index (χ2v) is 8.55. The number of carbonyl (C=O) groups is 1. The Hall–Kier alpha value is -2.61. The van der Waals surface area contributed by atoms with E-state index < -0.39 is 10.0 Å². The van der Waals surface area contributed by atoms with Crippen molar-refractivity contribution in [3.8, 4) is 0 Å². The molecule has 0 bridgehead atoms. The van der Waals surface area contributed by atoms with Gasteiger partial charge in [0.05, 0.1) is 11.2 Å². The van der Waals surface area contributed by atoms with Crippen molar-refractivity contribution in [2.45, 2.75) is 50.0 Å². The van der Waals surface area contributed by atoms with Gasteiger partial charge in [0.25, 0.3) is 10.0 Å². The number of aliphatic imine (C=N–C) groups is 1. The molecule has 0 radical (unpaired) electrons. The normalized spacial score (nSPS) is 17.1. The van der Waals surface area contributed by atoms with Gasteiger partial charge >= 0.3 is 0 Å². The highest BCUT2D eigenvalue weighted by atomic mass is 32.2. The topological polar surface area (TPSA) is 101 Å². The minimum Gasteiger partial charge on any atom is -0.469 e. The number of benzene rings is 1. The first-order chi connectivity index (χ1) is 13.5. The van der Waals surface area contributed by atoms with Gasteiger partial charge in [0.2, 0.25) is 5.91 Å². The third-order valence-corrected chi connectivity index (χ3v) is 5.89. The van der Waals surface area contributed by atoms with Crippen molar-refractivity contribution in [3.63, 3.8) is 0 Å². The second kappa shape index (κ2) is 9.05. The first kappa shape index (κ1) is 20.1. The Labute approximate surface area is 165 Å². The summed E-state index contributed by atoms with van der Waals surface area (Å²) in [5.41, 5.74) is 0.618. The van der Waals surface area contributed by atoms with Crippen molar-refractivity contribution >= 4 is 21.8 Å². The Morgan fingerprint density at radius 1 is 1.18 bits per heavy atom. The summed E-state index contributed by atoms with van der Waals surface area (Å²) in [6.07, 6.45) is 5.19. The van der Waals surface area contributed by atoms with Crippen LogP contribution in [-0.4, -0.2) is 32.7 Å². The lowest BCUT2D eigenvalue weighted by Crippen LogP contribution is -2.33. The highest BCUT2D eigenvalue weighted by Gasteiger charge is 2.29. The number of fused-ring (bicyclic) bond motifs is 1. The van der Waals surface area contributed by atoms with Crippen LogP contribution < -0.4 is 10.0 Å². The number of unbranched alkanes of at least 4 members (excludes halogenated alkanes) is 2. The van der Waals surface area contributed by atoms with Crippen molar-refractivity contribution in [1.29, 1.82) is 0 Å². The van der Waals surface area contributed by atoms with Crippen LogP contribution in [0.2, 0.25) is 0 Å². The number of furan rings is 1. The van der Waals surface area contributed by atoms with Crippen LogP contribution in [0.3, 0.4) is 0 Å². The van der Waals surface area contributed by atoms with Gasteiger partial charge in [0.1, 0.15) is 11.6 Å². The third-order valence-electron chi connectivity index (χ3n) is 4.49. The maximum absolute atomic E-state index is 12.0. The Balaban J connectivity index is 1.35. The van der Waals surface area contributed by atoms with Crippen LogP contribution in [0.15, 0.2) is 57.0 Å². The van der Waals surface area contributed by atoms with E-state index in [0.717, 1.165) is 25.0 Å². The Bertz CT molecular complexity index is 936. The zero-order chi connectivity index (χ0) is 20.0. The van der Waals surface area contributed by atoms with E-state index in [1.165, 1.54) is 0 Å². The summed E-state index contributed by atoms with van der Waals surface area (Å²) in [5.74, 6) is 1.29. The van der Waals surface area contributed by atoms with E-state index in [-0.39, 0.29) is 16.8 Å². The summed E-state index contributed by atoms with van der Waals surface area (Å²) in [7, 11) is -3.48. The molecule has 8 heteroatoms. The van der Waals surface area contributed by atoms with Crippen LogP contribution in [0.1, 0.15) is 43.9 Å². The number of carbonyl (C=O) groups excluding carboxylic acids is 1. The molecule has 0 spiro atoms. The predicted octanol–water partition coefficient (Wildman–Crippen LogP) is 2.63. The quantitative estimate of drug-likeness (QED) is 0.629. The number of sulfonamides is 1. The fourth-order valence-electron chi connectivity index (χ4n) is 3.14. The smallest absolute Gasteiger partial charge is 0.263 e. The van der Waals surface area contributed by atoms with Gasteiger partial charge in [-0.15, -0.1) is 0 Å². The molecule has 3 rings (SSSR count). The summed E-state index contributed by atoms with van der Waals surface area (Å²) in [4.78, 5) is 16.6. The number of nitrogens with zero attached hydrogens (tertiary/aromatic N) is 1. The van der Waals surface area contributed by atoms with E-state index in [1.54, 1.807) is 30.5 Å². The van der Waals surface area contributed by atoms with E-state index in [9.17, 15) is 13.2 Å². The lowest BCUT2D eigenvalue weighted by Gasteiger charge is -2.12. The van der Waals surface area contributed by atoms with Crippen LogP contribution in [0, 0.1) is 0 Å². The minimum atomic E-state index is -3.48. The van der Waals surface area contributed by atoms with Gasteiger partial charge in [-0.1, -0.05) is 18.6 Å². The Morgan fingerprint density at radius 3 is 2.79 bits per heavy atom. The summed E-state index contributed by atoms with van der Waals surface area (Å²) >= 11 is 0. The van der Waals surface area contributed by atoms with Gasteiger partial charge < -0.3 is 9.73 Å². The largest absolute Gasteiger partial charge is 0.469 e. The fraction of sp³-hybridized carbons (Fsp3) is 0.400. The van der Waals surface area contributed by atoms with Crippen molar-refractivity contribution in [2.24, 2.45) is 4.99 Å². The number of amides is 1. The lowest BCUT2D eigenvalue weighted by atomic mass is 10.1. The summed E-state index contributed by atoms with van der Waals surface area (Å²) in [6, 6.07) is 10.6. The fourth-order valence-corrected chi connectivity index (χ4v) is 4.40. The molecule has 1 aliphatic heterocycles. The molecule has 0 saturated carbocycles. The number of amidine groups is 1. The average Bonchev–Trinajstić information content (AvgIpc) is 3.24. The number of nitrogens with one attached hydrogen (secondary N) is 2. The summed E-state index contributed by atoms with van der Waals surface area (Å²) < 4.78 is 31.8. The molecule has 1 amide bonds. The van der Waals surface area contributed by atoms with Crippen LogP contribution in [0.4, 0.5) is 0 Å². The van der Waals surface area contributed by atoms with Gasteiger partial charge in [0, 0.05) is 31.0 Å². The van der Waals surface area contributed by atoms with Gasteiger partial charge in [-0.3, -0.25) is 14.5 Å². The monoisotopic (exact) mass is 403 g/mol. The molecular formula is C20H25N3O4S. The molecular weight excluding hydrogens is 378 g/mol. The molecule has 1 aromatic carbocycles. The molecule has 2 N–H and O–H groups in total. The van der Waals surface area contributed by atoms with E-state index in [2.05, 4.69) is 15.0 Å². The highest BCUT2D eigenvalue weighted by molar-refractivity contribution is 7.90. The molecule has 1 aliphatic rings. The molecule has 0 fully saturated rings. The lowest BCUT2D eigenvalue weighted by molar-refractivity contribution is -0.121. The van der Waals surface area contributed by atoms with Crippen LogP contribution >= 0.6 is 0 Å². The first-order valence-corrected chi connectivity index (χ1v) is 10.9. The molecule has 1 unspecified atom stereocenters. The maximum atomic E-state index is 12.0. The first-order valence-electron chi connectivity index (χ1n) is 9.44. The number of hydrogen-bond acceptors (Lipinski definition) is 5. The standard InChI is InChI=1S/C20H25N3O4S/c1-15(14-16-8-7-13-27-16)22-19(24)11-3-2-6-12-21-20-17-9-4-5-10-18(17)28(25,26)23-20/h4-5,7-10,13,15H,2-3,6,11-12,14H2,1H3,(H,21,23)(H,22,24). The summed E-state index contributed by atoms with van der Waals surface area (Å²) in [6.45, 7) is 2.47. The SMILES string of the molecule is CC(Cc1ccco1)NC(=O)CCCCCN=C1NS(=O)(=O)c2ccccc21. The molecule has 0 saturated heterocycles. The maximum Gasteiger partial charge on any atom is 0.263 e. The van der Waals surface area contributed by atoms with Gasteiger partial charge in [-0.05, 0) is 44.0 Å². The molecule has 2 heterocycles. The van der Waals surface area contributed by atoms with Gasteiger partial charge in [-0.25, -0.2) is 8.42 Å². The van der Waals surface area contributed by atoms with Crippen LogP contribution in [0.25, 0.3) is 0 Å². The van der Waals surface area contributed by atoms with Gasteiger partial charge in [-0.2, -0.15) is 0 Å². The van der Waals surface area contributed by atoms with E-state index in [0.29, 0.717) is 30.8 Å². The van der Waals surface area contributed by atoms with Crippen molar-refractivity contribution in [3.05, 3.63) is 54.0 Å².